The maximum Gasteiger partial charge on any atom is 0.226 e. The fourth-order valence-electron chi connectivity index (χ4n) is 3.56. The number of nitrogens with one attached hydrogen (secondary N) is 1. The van der Waals surface area contributed by atoms with Gasteiger partial charge >= 0.3 is 0 Å². The molecule has 1 aliphatic carbocycles. The molecule has 3 rings (SSSR count). The summed E-state index contributed by atoms with van der Waals surface area (Å²) in [6, 6.07) is 2.31. The molecule has 0 aromatic rings. The quantitative estimate of drug-likeness (QED) is 0.780. The lowest BCUT2D eigenvalue weighted by Gasteiger charge is -2.31. The summed E-state index contributed by atoms with van der Waals surface area (Å²) < 4.78 is 0. The van der Waals surface area contributed by atoms with Crippen molar-refractivity contribution < 1.29 is 4.79 Å². The van der Waals surface area contributed by atoms with Crippen molar-refractivity contribution in [3.63, 3.8) is 0 Å². The Morgan fingerprint density at radius 1 is 1.48 bits per heavy atom. The zero-order valence-corrected chi connectivity index (χ0v) is 14.5. The Morgan fingerprint density at radius 3 is 2.96 bits per heavy atom. The molecule has 0 bridgehead atoms. The largest absolute Gasteiger partial charge is 0.332 e. The van der Waals surface area contributed by atoms with E-state index in [9.17, 15) is 10.1 Å². The lowest BCUT2D eigenvalue weighted by atomic mass is 9.87. The number of hydrogen-bond donors (Lipinski definition) is 1. The highest BCUT2D eigenvalue weighted by atomic mass is 16.2. The van der Waals surface area contributed by atoms with Crippen LogP contribution < -0.4 is 5.32 Å². The molecule has 7 heteroatoms. The van der Waals surface area contributed by atoms with Crippen molar-refractivity contribution in [2.24, 2.45) is 22.7 Å². The molecular weight excluding hydrogens is 316 g/mol. The first-order chi connectivity index (χ1) is 12.0. The van der Waals surface area contributed by atoms with Crippen LogP contribution in [-0.4, -0.2) is 47.3 Å². The number of carbonyl (C=O) groups excluding carboxylic acids is 1. The van der Waals surface area contributed by atoms with Crippen LogP contribution in [0.25, 0.3) is 0 Å². The monoisotopic (exact) mass is 338 g/mol. The number of amides is 1. The summed E-state index contributed by atoms with van der Waals surface area (Å²) in [6.07, 6.45) is 10.3. The van der Waals surface area contributed by atoms with Crippen LogP contribution in [-0.2, 0) is 4.79 Å². The third-order valence-electron chi connectivity index (χ3n) is 5.12. The summed E-state index contributed by atoms with van der Waals surface area (Å²) in [5.74, 6) is -0.289. The van der Waals surface area contributed by atoms with E-state index >= 15 is 0 Å². The fourth-order valence-corrected chi connectivity index (χ4v) is 3.56. The molecule has 3 unspecified atom stereocenters. The van der Waals surface area contributed by atoms with Gasteiger partial charge in [-0.1, -0.05) is 19.1 Å². The van der Waals surface area contributed by atoms with E-state index < -0.39 is 5.66 Å². The number of carbonyl (C=O) groups is 1. The predicted molar refractivity (Wildman–Crippen MR) is 92.5 cm³/mol. The summed E-state index contributed by atoms with van der Waals surface area (Å²) in [6.45, 7) is 5.57. The molecule has 1 N–H and O–H groups in total. The van der Waals surface area contributed by atoms with Gasteiger partial charge in [0.05, 0.1) is 30.8 Å². The van der Waals surface area contributed by atoms with Crippen molar-refractivity contribution in [1.29, 1.82) is 10.5 Å². The highest BCUT2D eigenvalue weighted by molar-refractivity contribution is 5.80. The number of likely N-dealkylation sites (tertiary alicyclic amines) is 1. The van der Waals surface area contributed by atoms with Gasteiger partial charge in [0.2, 0.25) is 5.91 Å². The van der Waals surface area contributed by atoms with Gasteiger partial charge in [-0.2, -0.15) is 10.5 Å². The van der Waals surface area contributed by atoms with Crippen molar-refractivity contribution >= 4 is 12.2 Å². The first-order valence-electron chi connectivity index (χ1n) is 8.52. The molecule has 1 amide bonds. The number of allylic oxidation sites excluding steroid dienone is 4. The fraction of sp³-hybridized carbons (Fsp3) is 0.556. The van der Waals surface area contributed by atoms with E-state index in [0.29, 0.717) is 26.1 Å². The van der Waals surface area contributed by atoms with Gasteiger partial charge in [-0.15, -0.1) is 0 Å². The maximum absolute atomic E-state index is 12.5. The molecule has 7 nitrogen and oxygen atoms in total. The minimum absolute atomic E-state index is 0.0558. The van der Waals surface area contributed by atoms with Crippen molar-refractivity contribution in [1.82, 2.24) is 15.1 Å². The van der Waals surface area contributed by atoms with E-state index in [1.807, 2.05) is 37.0 Å². The summed E-state index contributed by atoms with van der Waals surface area (Å²) in [5, 5.41) is 21.2. The third kappa shape index (κ3) is 3.36. The normalized spacial score (nSPS) is 33.8. The van der Waals surface area contributed by atoms with Crippen LogP contribution in [0.15, 0.2) is 28.9 Å². The molecule has 25 heavy (non-hydrogen) atoms. The summed E-state index contributed by atoms with van der Waals surface area (Å²) in [5.41, 5.74) is 0.341. The van der Waals surface area contributed by atoms with Gasteiger partial charge < -0.3 is 15.1 Å². The van der Waals surface area contributed by atoms with Gasteiger partial charge in [0.25, 0.3) is 0 Å². The Morgan fingerprint density at radius 2 is 2.28 bits per heavy atom. The molecule has 0 radical (unpaired) electrons. The van der Waals surface area contributed by atoms with Crippen LogP contribution in [0.2, 0.25) is 0 Å². The van der Waals surface area contributed by atoms with Gasteiger partial charge in [-0.05, 0) is 19.4 Å². The standard InChI is InChI=1S/C18H22N6O/c1-13-14(8-19)4-3-5-16(13)24-10-18(2,21-12-24)22-17(25)15-6-7-23(9-15)11-20/h3-5,12-15H,6-7,9-10H2,1-2H3,(H,22,25)/t13?,14?,15-,18?/m0/s1. The summed E-state index contributed by atoms with van der Waals surface area (Å²) >= 11 is 0. The molecule has 2 heterocycles. The topological polar surface area (TPSA) is 95.5 Å². The molecule has 0 aromatic heterocycles. The molecule has 3 aliphatic rings. The number of hydrogen-bond acceptors (Lipinski definition) is 6. The highest BCUT2D eigenvalue weighted by Gasteiger charge is 2.38. The van der Waals surface area contributed by atoms with Crippen LogP contribution in [0, 0.1) is 40.5 Å². The third-order valence-corrected chi connectivity index (χ3v) is 5.12. The zero-order valence-electron chi connectivity index (χ0n) is 14.5. The predicted octanol–water partition coefficient (Wildman–Crippen LogP) is 1.20. The Hall–Kier alpha value is -2.80. The van der Waals surface area contributed by atoms with Gasteiger partial charge in [-0.25, -0.2) is 4.99 Å². The van der Waals surface area contributed by atoms with Gasteiger partial charge in [0, 0.05) is 24.7 Å². The molecular formula is C18H22N6O. The van der Waals surface area contributed by atoms with Crippen LogP contribution in [0.3, 0.4) is 0 Å². The Bertz CT molecular complexity index is 727. The average Bonchev–Trinajstić information content (AvgIpc) is 3.22. The first-order valence-corrected chi connectivity index (χ1v) is 8.52. The molecule has 0 aromatic carbocycles. The summed E-state index contributed by atoms with van der Waals surface area (Å²) in [7, 11) is 0. The maximum atomic E-state index is 12.5. The molecule has 0 saturated carbocycles. The molecule has 2 aliphatic heterocycles. The van der Waals surface area contributed by atoms with Crippen molar-refractivity contribution in [2.75, 3.05) is 19.6 Å². The van der Waals surface area contributed by atoms with E-state index in [1.165, 1.54) is 0 Å². The Kier molecular flexibility index (Phi) is 4.50. The van der Waals surface area contributed by atoms with Crippen molar-refractivity contribution in [2.45, 2.75) is 25.9 Å². The number of aliphatic imine (C=N–C) groups is 1. The van der Waals surface area contributed by atoms with E-state index in [4.69, 9.17) is 5.26 Å². The van der Waals surface area contributed by atoms with Gasteiger partial charge in [0.15, 0.2) is 6.19 Å². The second kappa shape index (κ2) is 6.60. The van der Waals surface area contributed by atoms with Crippen molar-refractivity contribution in [3.05, 3.63) is 23.9 Å². The second-order valence-corrected chi connectivity index (χ2v) is 7.09. The first kappa shape index (κ1) is 17.0. The van der Waals surface area contributed by atoms with Crippen LogP contribution in [0.5, 0.6) is 0 Å². The van der Waals surface area contributed by atoms with E-state index in [2.05, 4.69) is 22.6 Å². The van der Waals surface area contributed by atoms with E-state index in [-0.39, 0.29) is 23.7 Å². The highest BCUT2D eigenvalue weighted by Crippen LogP contribution is 2.30. The van der Waals surface area contributed by atoms with Crippen molar-refractivity contribution in [3.8, 4) is 12.3 Å². The number of rotatable bonds is 3. The van der Waals surface area contributed by atoms with Gasteiger partial charge in [-0.3, -0.25) is 4.79 Å². The van der Waals surface area contributed by atoms with E-state index in [0.717, 1.165) is 5.70 Å². The minimum Gasteiger partial charge on any atom is -0.332 e. The summed E-state index contributed by atoms with van der Waals surface area (Å²) in [4.78, 5) is 20.6. The molecule has 1 saturated heterocycles. The molecule has 0 spiro atoms. The lowest BCUT2D eigenvalue weighted by Crippen LogP contribution is -2.50. The second-order valence-electron chi connectivity index (χ2n) is 7.09. The Labute approximate surface area is 147 Å². The SMILES string of the molecule is CC1C(N2C=NC(C)(NC(=O)[C@H]3CCN(C#N)C3)C2)=CC=CC1C#N. The zero-order chi connectivity index (χ0) is 18.0. The smallest absolute Gasteiger partial charge is 0.226 e. The van der Waals surface area contributed by atoms with Crippen LogP contribution in [0.1, 0.15) is 20.3 Å². The van der Waals surface area contributed by atoms with Crippen LogP contribution >= 0.6 is 0 Å². The minimum atomic E-state index is -0.693. The molecule has 4 atom stereocenters. The van der Waals surface area contributed by atoms with Crippen LogP contribution in [0.4, 0.5) is 0 Å². The average molecular weight is 338 g/mol. The lowest BCUT2D eigenvalue weighted by molar-refractivity contribution is -0.126. The number of nitrogens with zero attached hydrogens (tertiary/aromatic N) is 5. The Balaban J connectivity index is 1.62. The van der Waals surface area contributed by atoms with E-state index in [1.54, 1.807) is 11.2 Å². The molecule has 1 fully saturated rings. The number of nitriles is 2. The van der Waals surface area contributed by atoms with Gasteiger partial charge in [0.1, 0.15) is 5.66 Å². The molecule has 130 valence electrons.